The maximum absolute atomic E-state index is 13.4. The van der Waals surface area contributed by atoms with Crippen LogP contribution in [0.5, 0.6) is 0 Å². The van der Waals surface area contributed by atoms with E-state index in [2.05, 4.69) is 21.1 Å². The summed E-state index contributed by atoms with van der Waals surface area (Å²) in [6.07, 6.45) is 3.53. The van der Waals surface area contributed by atoms with E-state index in [4.69, 9.17) is 11.0 Å². The lowest BCUT2D eigenvalue weighted by Crippen LogP contribution is -2.32. The topological polar surface area (TPSA) is 95.9 Å². The Hall–Kier alpha value is -2.85. The van der Waals surface area contributed by atoms with E-state index in [0.717, 1.165) is 23.4 Å². The number of primary amides is 1. The number of carbonyl (C=O) groups is 1. The zero-order valence-electron chi connectivity index (χ0n) is 12.2. The van der Waals surface area contributed by atoms with Crippen molar-refractivity contribution in [1.82, 2.24) is 14.9 Å². The third-order valence-electron chi connectivity index (χ3n) is 3.72. The van der Waals surface area contributed by atoms with Crippen LogP contribution >= 0.6 is 0 Å². The molecular formula is C16H13FN5O. The summed E-state index contributed by atoms with van der Waals surface area (Å²) < 4.78 is 13.4. The Kier molecular flexibility index (Phi) is 4.00. The molecule has 0 saturated carbocycles. The lowest BCUT2D eigenvalue weighted by molar-refractivity contribution is 0.0989. The van der Waals surface area contributed by atoms with Crippen molar-refractivity contribution in [2.75, 3.05) is 6.54 Å². The molecule has 0 atom stereocenters. The smallest absolute Gasteiger partial charge is 0.286 e. The van der Waals surface area contributed by atoms with Gasteiger partial charge in [0.05, 0.1) is 17.5 Å². The normalized spacial score (nSPS) is 14.1. The van der Waals surface area contributed by atoms with Gasteiger partial charge in [0.2, 0.25) is 5.82 Å². The molecule has 1 aromatic heterocycles. The van der Waals surface area contributed by atoms with E-state index in [9.17, 15) is 9.18 Å². The Morgan fingerprint density at radius 3 is 3.09 bits per heavy atom. The van der Waals surface area contributed by atoms with E-state index in [-0.39, 0.29) is 11.4 Å². The van der Waals surface area contributed by atoms with Crippen molar-refractivity contribution in [2.24, 2.45) is 5.73 Å². The van der Waals surface area contributed by atoms with Crippen molar-refractivity contribution in [3.8, 4) is 6.07 Å². The fourth-order valence-electron chi connectivity index (χ4n) is 2.56. The minimum absolute atomic E-state index is 0.0339. The zero-order valence-corrected chi connectivity index (χ0v) is 12.2. The van der Waals surface area contributed by atoms with E-state index >= 15 is 0 Å². The van der Waals surface area contributed by atoms with Crippen LogP contribution in [0.1, 0.15) is 33.0 Å². The van der Waals surface area contributed by atoms with Gasteiger partial charge in [0.25, 0.3) is 5.91 Å². The van der Waals surface area contributed by atoms with Gasteiger partial charge in [0.1, 0.15) is 11.9 Å². The average Bonchev–Trinajstić information content (AvgIpc) is 2.56. The highest BCUT2D eigenvalue weighted by molar-refractivity contribution is 5.88. The maximum atomic E-state index is 13.4. The summed E-state index contributed by atoms with van der Waals surface area (Å²) in [4.78, 5) is 21.3. The second kappa shape index (κ2) is 6.10. The SMILES string of the molecule is N#Cc1cc(CN2CCc3[c]nc(C(N)=O)nc3C2)ccc1F. The summed E-state index contributed by atoms with van der Waals surface area (Å²) in [5.74, 6) is -1.24. The molecule has 6 nitrogen and oxygen atoms in total. The van der Waals surface area contributed by atoms with Gasteiger partial charge in [0.15, 0.2) is 0 Å². The van der Waals surface area contributed by atoms with Gasteiger partial charge in [-0.05, 0) is 24.1 Å². The first-order chi connectivity index (χ1) is 11.1. The van der Waals surface area contributed by atoms with Gasteiger partial charge in [-0.1, -0.05) is 6.07 Å². The molecule has 0 unspecified atom stereocenters. The number of halogens is 1. The van der Waals surface area contributed by atoms with Crippen molar-refractivity contribution < 1.29 is 9.18 Å². The number of rotatable bonds is 3. The summed E-state index contributed by atoms with van der Waals surface area (Å²) in [6.45, 7) is 1.85. The first-order valence-electron chi connectivity index (χ1n) is 7.05. The molecule has 115 valence electrons. The Morgan fingerprint density at radius 2 is 2.35 bits per heavy atom. The molecule has 0 saturated heterocycles. The number of carbonyl (C=O) groups excluding carboxylic acids is 1. The van der Waals surface area contributed by atoms with Crippen molar-refractivity contribution in [1.29, 1.82) is 5.26 Å². The van der Waals surface area contributed by atoms with Crippen molar-refractivity contribution in [2.45, 2.75) is 19.5 Å². The molecule has 0 fully saturated rings. The standard InChI is InChI=1S/C16H13FN5O/c17-13-2-1-10(5-12(13)6-18)8-22-4-3-11-7-20-16(15(19)23)21-14(11)9-22/h1-2,5H,3-4,8-9H2,(H2,19,23). The molecule has 23 heavy (non-hydrogen) atoms. The highest BCUT2D eigenvalue weighted by atomic mass is 19.1. The van der Waals surface area contributed by atoms with Gasteiger partial charge in [-0.3, -0.25) is 9.69 Å². The van der Waals surface area contributed by atoms with Crippen LogP contribution in [-0.4, -0.2) is 27.3 Å². The minimum atomic E-state index is -0.682. The third kappa shape index (κ3) is 3.17. The molecule has 2 N–H and O–H groups in total. The summed E-state index contributed by atoms with van der Waals surface area (Å²) in [7, 11) is 0. The summed E-state index contributed by atoms with van der Waals surface area (Å²) in [6, 6.07) is 6.34. The predicted molar refractivity (Wildman–Crippen MR) is 78.3 cm³/mol. The molecule has 1 radical (unpaired) electrons. The van der Waals surface area contributed by atoms with Crippen molar-refractivity contribution in [3.05, 3.63) is 58.4 Å². The van der Waals surface area contributed by atoms with Crippen LogP contribution < -0.4 is 5.73 Å². The van der Waals surface area contributed by atoms with Crippen LogP contribution in [0.25, 0.3) is 0 Å². The third-order valence-corrected chi connectivity index (χ3v) is 3.72. The Bertz CT molecular complexity index is 815. The first-order valence-corrected chi connectivity index (χ1v) is 7.05. The van der Waals surface area contributed by atoms with Gasteiger partial charge < -0.3 is 5.73 Å². The van der Waals surface area contributed by atoms with E-state index < -0.39 is 11.7 Å². The van der Waals surface area contributed by atoms with Gasteiger partial charge in [-0.2, -0.15) is 5.26 Å². The second-order valence-electron chi connectivity index (χ2n) is 5.34. The van der Waals surface area contributed by atoms with Crippen molar-refractivity contribution in [3.63, 3.8) is 0 Å². The molecule has 1 aliphatic rings. The van der Waals surface area contributed by atoms with Crippen LogP contribution in [0, 0.1) is 23.3 Å². The van der Waals surface area contributed by atoms with E-state index in [1.54, 1.807) is 12.1 Å². The fraction of sp³-hybridized carbons (Fsp3) is 0.250. The van der Waals surface area contributed by atoms with Crippen molar-refractivity contribution >= 4 is 5.91 Å². The maximum Gasteiger partial charge on any atom is 0.286 e. The van der Waals surface area contributed by atoms with Crippen LogP contribution in [0.2, 0.25) is 0 Å². The number of nitrogens with two attached hydrogens (primary N) is 1. The molecule has 1 aliphatic heterocycles. The lowest BCUT2D eigenvalue weighted by Gasteiger charge is -2.27. The number of hydrogen-bond acceptors (Lipinski definition) is 5. The van der Waals surface area contributed by atoms with Crippen LogP contribution in [0.3, 0.4) is 0 Å². The van der Waals surface area contributed by atoms with E-state index in [0.29, 0.717) is 19.5 Å². The first kappa shape index (κ1) is 15.1. The number of nitriles is 1. The number of benzene rings is 1. The summed E-state index contributed by atoms with van der Waals surface area (Å²) in [5, 5.41) is 8.89. The molecule has 1 amide bonds. The number of amides is 1. The molecular weight excluding hydrogens is 297 g/mol. The van der Waals surface area contributed by atoms with Crippen LogP contribution in [-0.2, 0) is 19.5 Å². The number of hydrogen-bond donors (Lipinski definition) is 1. The zero-order chi connectivity index (χ0) is 16.4. The predicted octanol–water partition coefficient (Wildman–Crippen LogP) is 0.945. The minimum Gasteiger partial charge on any atom is -0.363 e. The molecule has 0 aliphatic carbocycles. The number of aromatic nitrogens is 2. The van der Waals surface area contributed by atoms with Gasteiger partial charge >= 0.3 is 0 Å². The Balaban J connectivity index is 1.78. The van der Waals surface area contributed by atoms with Crippen LogP contribution in [0.4, 0.5) is 4.39 Å². The average molecular weight is 310 g/mol. The highest BCUT2D eigenvalue weighted by Crippen LogP contribution is 2.19. The molecule has 0 bridgehead atoms. The summed E-state index contributed by atoms with van der Waals surface area (Å²) >= 11 is 0. The van der Waals surface area contributed by atoms with Crippen LogP contribution in [0.15, 0.2) is 18.2 Å². The molecule has 7 heteroatoms. The highest BCUT2D eigenvalue weighted by Gasteiger charge is 2.20. The number of fused-ring (bicyclic) bond motifs is 1. The summed E-state index contributed by atoms with van der Waals surface area (Å²) in [5.41, 5.74) is 7.67. The monoisotopic (exact) mass is 310 g/mol. The quantitative estimate of drug-likeness (QED) is 0.910. The lowest BCUT2D eigenvalue weighted by atomic mass is 10.1. The fourth-order valence-corrected chi connectivity index (χ4v) is 2.56. The Labute approximate surface area is 132 Å². The second-order valence-corrected chi connectivity index (χ2v) is 5.34. The van der Waals surface area contributed by atoms with E-state index in [1.165, 1.54) is 6.07 Å². The molecule has 2 aromatic rings. The molecule has 0 spiro atoms. The molecule has 2 heterocycles. The Morgan fingerprint density at radius 1 is 1.52 bits per heavy atom. The molecule has 1 aromatic carbocycles. The van der Waals surface area contributed by atoms with Gasteiger partial charge in [-0.15, -0.1) is 0 Å². The largest absolute Gasteiger partial charge is 0.363 e. The van der Waals surface area contributed by atoms with E-state index in [1.807, 2.05) is 6.07 Å². The molecule has 3 rings (SSSR count). The number of nitrogens with zero attached hydrogens (tertiary/aromatic N) is 4. The van der Waals surface area contributed by atoms with Gasteiger partial charge in [0, 0.05) is 25.2 Å². The van der Waals surface area contributed by atoms with Gasteiger partial charge in [-0.25, -0.2) is 14.4 Å².